The first-order valence-corrected chi connectivity index (χ1v) is 8.99. The van der Waals surface area contributed by atoms with Crippen LogP contribution in [0.1, 0.15) is 25.7 Å². The second-order valence-corrected chi connectivity index (χ2v) is 7.90. The van der Waals surface area contributed by atoms with Crippen LogP contribution in [0.2, 0.25) is 0 Å². The number of nitrogens with zero attached hydrogens (tertiary/aromatic N) is 1. The molecule has 1 aliphatic heterocycles. The minimum absolute atomic E-state index is 0.185. The van der Waals surface area contributed by atoms with Crippen molar-refractivity contribution in [1.82, 2.24) is 9.62 Å². The van der Waals surface area contributed by atoms with Gasteiger partial charge in [-0.2, -0.15) is 4.31 Å². The summed E-state index contributed by atoms with van der Waals surface area (Å²) in [6.07, 6.45) is 4.19. The second-order valence-electron chi connectivity index (χ2n) is 5.99. The van der Waals surface area contributed by atoms with Gasteiger partial charge in [0.1, 0.15) is 10.7 Å². The highest BCUT2D eigenvalue weighted by molar-refractivity contribution is 7.89. The summed E-state index contributed by atoms with van der Waals surface area (Å²) in [7, 11) is -3.76. The van der Waals surface area contributed by atoms with Gasteiger partial charge in [0.05, 0.1) is 0 Å². The fourth-order valence-electron chi connectivity index (χ4n) is 2.81. The second kappa shape index (κ2) is 6.02. The number of benzene rings is 1. The minimum Gasteiger partial charge on any atom is -0.313 e. The fourth-order valence-corrected chi connectivity index (χ4v) is 4.44. The predicted octanol–water partition coefficient (Wildman–Crippen LogP) is 1.98. The molecule has 0 radical (unpaired) electrons. The first kappa shape index (κ1) is 14.9. The maximum Gasteiger partial charge on any atom is 0.246 e. The van der Waals surface area contributed by atoms with Crippen molar-refractivity contribution in [3.05, 3.63) is 30.1 Å². The van der Waals surface area contributed by atoms with Gasteiger partial charge >= 0.3 is 0 Å². The SMILES string of the molecule is O=S(=O)(c1ccccc1F)N(CC1CC1)CC1CCCN1. The summed E-state index contributed by atoms with van der Waals surface area (Å²) < 4.78 is 40.9. The Kier molecular flexibility index (Phi) is 4.28. The molecule has 1 heterocycles. The molecular weight excluding hydrogens is 291 g/mol. The van der Waals surface area contributed by atoms with Gasteiger partial charge in [0, 0.05) is 19.1 Å². The molecule has 1 aliphatic carbocycles. The molecule has 3 rings (SSSR count). The van der Waals surface area contributed by atoms with Crippen molar-refractivity contribution in [2.45, 2.75) is 36.6 Å². The van der Waals surface area contributed by atoms with E-state index >= 15 is 0 Å². The molecule has 6 heteroatoms. The van der Waals surface area contributed by atoms with Crippen molar-refractivity contribution in [2.24, 2.45) is 5.92 Å². The zero-order chi connectivity index (χ0) is 14.9. The van der Waals surface area contributed by atoms with Crippen molar-refractivity contribution in [2.75, 3.05) is 19.6 Å². The molecule has 116 valence electrons. The van der Waals surface area contributed by atoms with E-state index in [1.165, 1.54) is 22.5 Å². The first-order chi connectivity index (χ1) is 10.1. The highest BCUT2D eigenvalue weighted by atomic mass is 32.2. The van der Waals surface area contributed by atoms with E-state index in [4.69, 9.17) is 0 Å². The van der Waals surface area contributed by atoms with E-state index in [1.807, 2.05) is 0 Å². The van der Waals surface area contributed by atoms with Gasteiger partial charge in [0.25, 0.3) is 0 Å². The average molecular weight is 312 g/mol. The maximum absolute atomic E-state index is 13.9. The molecule has 1 saturated heterocycles. The summed E-state index contributed by atoms with van der Waals surface area (Å²) in [6, 6.07) is 5.82. The van der Waals surface area contributed by atoms with Crippen LogP contribution in [0.3, 0.4) is 0 Å². The van der Waals surface area contributed by atoms with Gasteiger partial charge in [0.2, 0.25) is 10.0 Å². The van der Waals surface area contributed by atoms with Gasteiger partial charge in [-0.1, -0.05) is 12.1 Å². The smallest absolute Gasteiger partial charge is 0.246 e. The number of halogens is 1. The molecule has 1 unspecified atom stereocenters. The molecular formula is C15H21FN2O2S. The fraction of sp³-hybridized carbons (Fsp3) is 0.600. The third-order valence-electron chi connectivity index (χ3n) is 4.20. The van der Waals surface area contributed by atoms with Crippen LogP contribution in [0.5, 0.6) is 0 Å². The lowest BCUT2D eigenvalue weighted by Crippen LogP contribution is -2.42. The third kappa shape index (κ3) is 3.44. The van der Waals surface area contributed by atoms with E-state index in [-0.39, 0.29) is 10.9 Å². The van der Waals surface area contributed by atoms with Crippen LogP contribution in [0.25, 0.3) is 0 Å². The zero-order valence-electron chi connectivity index (χ0n) is 12.0. The van der Waals surface area contributed by atoms with Crippen LogP contribution < -0.4 is 5.32 Å². The zero-order valence-corrected chi connectivity index (χ0v) is 12.8. The highest BCUT2D eigenvalue weighted by Crippen LogP contribution is 2.32. The lowest BCUT2D eigenvalue weighted by molar-refractivity contribution is 0.356. The van der Waals surface area contributed by atoms with Gasteiger partial charge in [0.15, 0.2) is 0 Å². The first-order valence-electron chi connectivity index (χ1n) is 7.55. The van der Waals surface area contributed by atoms with Crippen LogP contribution in [0.4, 0.5) is 4.39 Å². The summed E-state index contributed by atoms with van der Waals surface area (Å²) in [5.74, 6) is -0.231. The van der Waals surface area contributed by atoms with Crippen LogP contribution in [-0.4, -0.2) is 38.4 Å². The Morgan fingerprint density at radius 2 is 1.95 bits per heavy atom. The maximum atomic E-state index is 13.9. The molecule has 1 N–H and O–H groups in total. The Labute approximate surface area is 125 Å². The van der Waals surface area contributed by atoms with Gasteiger partial charge in [-0.15, -0.1) is 0 Å². The van der Waals surface area contributed by atoms with Crippen LogP contribution in [0, 0.1) is 11.7 Å². The number of nitrogens with one attached hydrogen (secondary N) is 1. The topological polar surface area (TPSA) is 49.4 Å². The molecule has 0 aromatic heterocycles. The molecule has 2 fully saturated rings. The van der Waals surface area contributed by atoms with E-state index in [2.05, 4.69) is 5.32 Å². The molecule has 1 atom stereocenters. The van der Waals surface area contributed by atoms with E-state index in [1.54, 1.807) is 6.07 Å². The van der Waals surface area contributed by atoms with Crippen molar-refractivity contribution in [1.29, 1.82) is 0 Å². The highest BCUT2D eigenvalue weighted by Gasteiger charge is 2.34. The Morgan fingerprint density at radius 3 is 2.57 bits per heavy atom. The van der Waals surface area contributed by atoms with Crippen molar-refractivity contribution in [3.8, 4) is 0 Å². The number of hydrogen-bond acceptors (Lipinski definition) is 3. The van der Waals surface area contributed by atoms with E-state index in [9.17, 15) is 12.8 Å². The third-order valence-corrected chi connectivity index (χ3v) is 6.06. The molecule has 1 aromatic rings. The largest absolute Gasteiger partial charge is 0.313 e. The van der Waals surface area contributed by atoms with E-state index in [0.717, 1.165) is 32.2 Å². The van der Waals surface area contributed by atoms with Gasteiger partial charge in [-0.3, -0.25) is 0 Å². The Bertz CT molecular complexity index is 595. The Balaban J connectivity index is 1.84. The van der Waals surface area contributed by atoms with Crippen LogP contribution >= 0.6 is 0 Å². The van der Waals surface area contributed by atoms with E-state index in [0.29, 0.717) is 19.0 Å². The Morgan fingerprint density at radius 1 is 1.19 bits per heavy atom. The molecule has 0 spiro atoms. The normalized spacial score (nSPS) is 22.9. The number of hydrogen-bond donors (Lipinski definition) is 1. The summed E-state index contributed by atoms with van der Waals surface area (Å²) in [4.78, 5) is -0.205. The monoisotopic (exact) mass is 312 g/mol. The Hall–Kier alpha value is -0.980. The van der Waals surface area contributed by atoms with Crippen LogP contribution in [0.15, 0.2) is 29.2 Å². The van der Waals surface area contributed by atoms with Crippen molar-refractivity contribution >= 4 is 10.0 Å². The standard InChI is InChI=1S/C15H21FN2O2S/c16-14-5-1-2-6-15(14)21(19,20)18(10-12-7-8-12)11-13-4-3-9-17-13/h1-2,5-6,12-13,17H,3-4,7-11H2. The molecule has 2 aliphatic rings. The molecule has 0 amide bonds. The minimum atomic E-state index is -3.76. The van der Waals surface area contributed by atoms with Gasteiger partial charge in [-0.05, 0) is 50.3 Å². The summed E-state index contributed by atoms with van der Waals surface area (Å²) >= 11 is 0. The summed E-state index contributed by atoms with van der Waals surface area (Å²) in [5.41, 5.74) is 0. The quantitative estimate of drug-likeness (QED) is 0.874. The van der Waals surface area contributed by atoms with E-state index < -0.39 is 15.8 Å². The lowest BCUT2D eigenvalue weighted by Gasteiger charge is -2.25. The molecule has 1 aromatic carbocycles. The summed E-state index contributed by atoms with van der Waals surface area (Å²) in [6.45, 7) is 1.88. The predicted molar refractivity (Wildman–Crippen MR) is 78.9 cm³/mol. The molecule has 21 heavy (non-hydrogen) atoms. The number of sulfonamides is 1. The number of rotatable bonds is 6. The van der Waals surface area contributed by atoms with Gasteiger partial charge < -0.3 is 5.32 Å². The molecule has 4 nitrogen and oxygen atoms in total. The summed E-state index contributed by atoms with van der Waals surface area (Å²) in [5, 5.41) is 3.32. The van der Waals surface area contributed by atoms with Crippen molar-refractivity contribution in [3.63, 3.8) is 0 Å². The van der Waals surface area contributed by atoms with Gasteiger partial charge in [-0.25, -0.2) is 12.8 Å². The molecule has 0 bridgehead atoms. The average Bonchev–Trinajstić information content (AvgIpc) is 3.12. The van der Waals surface area contributed by atoms with Crippen LogP contribution in [-0.2, 0) is 10.0 Å². The molecule has 1 saturated carbocycles. The van der Waals surface area contributed by atoms with Crippen molar-refractivity contribution < 1.29 is 12.8 Å². The lowest BCUT2D eigenvalue weighted by atomic mass is 10.2.